The highest BCUT2D eigenvalue weighted by atomic mass is 32.1. The minimum atomic E-state index is 0.637. The number of tetrazole rings is 1. The van der Waals surface area contributed by atoms with E-state index in [-0.39, 0.29) is 0 Å². The predicted molar refractivity (Wildman–Crippen MR) is 105 cm³/mol. The molecule has 0 atom stereocenters. The third-order valence-corrected chi connectivity index (χ3v) is 5.51. The minimum Gasteiger partial charge on any atom is -0.341 e. The van der Waals surface area contributed by atoms with Crippen molar-refractivity contribution in [1.29, 1.82) is 0 Å². The van der Waals surface area contributed by atoms with Gasteiger partial charge in [-0.2, -0.15) is 4.68 Å². The highest BCUT2D eigenvalue weighted by Gasteiger charge is 2.22. The fourth-order valence-electron chi connectivity index (χ4n) is 3.30. The number of hydrogen-bond acceptors (Lipinski definition) is 7. The van der Waals surface area contributed by atoms with Gasteiger partial charge in [0.2, 0.25) is 5.95 Å². The number of anilines is 1. The number of benzene rings is 1. The molecule has 4 aromatic rings. The maximum Gasteiger partial charge on any atom is 0.225 e. The van der Waals surface area contributed by atoms with Gasteiger partial charge >= 0.3 is 0 Å². The molecule has 4 heterocycles. The number of thiophene rings is 1. The molecule has 1 aliphatic rings. The molecule has 27 heavy (non-hydrogen) atoms. The van der Waals surface area contributed by atoms with Crippen molar-refractivity contribution in [2.45, 2.75) is 12.8 Å². The second-order valence-electron chi connectivity index (χ2n) is 6.35. The van der Waals surface area contributed by atoms with Gasteiger partial charge in [0.05, 0.1) is 21.8 Å². The Morgan fingerprint density at radius 2 is 1.81 bits per heavy atom. The third-order valence-electron chi connectivity index (χ3n) is 4.63. The predicted octanol–water partition coefficient (Wildman–Crippen LogP) is 3.45. The number of hydrogen-bond donors (Lipinski definition) is 0. The summed E-state index contributed by atoms with van der Waals surface area (Å²) in [7, 11) is 0. The molecular formula is C19H17N7S. The highest BCUT2D eigenvalue weighted by molar-refractivity contribution is 7.13. The van der Waals surface area contributed by atoms with Gasteiger partial charge in [-0.25, -0.2) is 9.97 Å². The van der Waals surface area contributed by atoms with Crippen LogP contribution in [0, 0.1) is 0 Å². The van der Waals surface area contributed by atoms with Crippen LogP contribution in [0.3, 0.4) is 0 Å². The lowest BCUT2D eigenvalue weighted by Crippen LogP contribution is -2.20. The van der Waals surface area contributed by atoms with Crippen molar-refractivity contribution < 1.29 is 0 Å². The average molecular weight is 375 g/mol. The molecular weight excluding hydrogens is 358 g/mol. The van der Waals surface area contributed by atoms with Gasteiger partial charge in [0, 0.05) is 19.3 Å². The van der Waals surface area contributed by atoms with Gasteiger partial charge in [0.1, 0.15) is 0 Å². The molecule has 0 unspecified atom stereocenters. The quantitative estimate of drug-likeness (QED) is 0.544. The van der Waals surface area contributed by atoms with Crippen molar-refractivity contribution in [3.63, 3.8) is 0 Å². The van der Waals surface area contributed by atoms with Crippen LogP contribution in [0.25, 0.3) is 27.6 Å². The Hall–Kier alpha value is -3.13. The van der Waals surface area contributed by atoms with Crippen LogP contribution in [0.4, 0.5) is 5.95 Å². The molecule has 0 N–H and O–H groups in total. The van der Waals surface area contributed by atoms with Gasteiger partial charge in [-0.15, -0.1) is 16.4 Å². The van der Waals surface area contributed by atoms with Crippen molar-refractivity contribution in [3.05, 3.63) is 54.0 Å². The van der Waals surface area contributed by atoms with E-state index in [1.807, 2.05) is 42.6 Å². The molecule has 8 heteroatoms. The lowest BCUT2D eigenvalue weighted by molar-refractivity contribution is 0.791. The Morgan fingerprint density at radius 3 is 2.59 bits per heavy atom. The Balaban J connectivity index is 1.66. The van der Waals surface area contributed by atoms with Crippen LogP contribution < -0.4 is 4.90 Å². The molecule has 1 fully saturated rings. The lowest BCUT2D eigenvalue weighted by atomic mass is 10.2. The summed E-state index contributed by atoms with van der Waals surface area (Å²) in [5, 5.41) is 14.4. The van der Waals surface area contributed by atoms with Gasteiger partial charge in [-0.1, -0.05) is 24.3 Å². The van der Waals surface area contributed by atoms with Gasteiger partial charge in [-0.3, -0.25) is 0 Å². The smallest absolute Gasteiger partial charge is 0.225 e. The normalized spacial score (nSPS) is 14.0. The Morgan fingerprint density at radius 1 is 0.963 bits per heavy atom. The summed E-state index contributed by atoms with van der Waals surface area (Å²) in [5.41, 5.74) is 2.60. The van der Waals surface area contributed by atoms with Crippen LogP contribution in [0.15, 0.2) is 54.0 Å². The Bertz CT molecular complexity index is 1040. The monoisotopic (exact) mass is 375 g/mol. The van der Waals surface area contributed by atoms with Crippen molar-refractivity contribution in [2.75, 3.05) is 18.0 Å². The second-order valence-corrected chi connectivity index (χ2v) is 7.30. The molecule has 0 saturated carbocycles. The fourth-order valence-corrected chi connectivity index (χ4v) is 4.03. The van der Waals surface area contributed by atoms with Crippen LogP contribution in [-0.4, -0.2) is 43.3 Å². The second kappa shape index (κ2) is 6.88. The zero-order valence-corrected chi connectivity index (χ0v) is 15.4. The SMILES string of the molecule is c1ccc(-n2nnnc2-c2cnc(N3CCCC3)nc2-c2cccs2)cc1. The first-order valence-corrected chi connectivity index (χ1v) is 9.78. The summed E-state index contributed by atoms with van der Waals surface area (Å²) in [4.78, 5) is 12.9. The summed E-state index contributed by atoms with van der Waals surface area (Å²) in [5.74, 6) is 1.41. The molecule has 1 aromatic carbocycles. The number of para-hydroxylation sites is 1. The maximum absolute atomic E-state index is 4.90. The summed E-state index contributed by atoms with van der Waals surface area (Å²) in [6.07, 6.45) is 4.22. The Kier molecular flexibility index (Phi) is 4.10. The first kappa shape index (κ1) is 16.1. The summed E-state index contributed by atoms with van der Waals surface area (Å²) < 4.78 is 1.73. The van der Waals surface area contributed by atoms with Crippen molar-refractivity contribution >= 4 is 17.3 Å². The first-order chi connectivity index (χ1) is 13.4. The maximum atomic E-state index is 4.90. The van der Waals surface area contributed by atoms with E-state index < -0.39 is 0 Å². The third kappa shape index (κ3) is 2.97. The molecule has 5 rings (SSSR count). The molecule has 134 valence electrons. The molecule has 1 saturated heterocycles. The van der Waals surface area contributed by atoms with Crippen LogP contribution in [-0.2, 0) is 0 Å². The van der Waals surface area contributed by atoms with Crippen molar-refractivity contribution in [3.8, 4) is 27.6 Å². The summed E-state index contributed by atoms with van der Waals surface area (Å²) >= 11 is 1.65. The molecule has 0 amide bonds. The summed E-state index contributed by atoms with van der Waals surface area (Å²) in [6.45, 7) is 2.01. The van der Waals surface area contributed by atoms with E-state index in [9.17, 15) is 0 Å². The van der Waals surface area contributed by atoms with E-state index in [2.05, 4.69) is 36.9 Å². The van der Waals surface area contributed by atoms with Crippen LogP contribution >= 0.6 is 11.3 Å². The molecule has 3 aromatic heterocycles. The van der Waals surface area contributed by atoms with Crippen molar-refractivity contribution in [1.82, 2.24) is 30.2 Å². The summed E-state index contributed by atoms with van der Waals surface area (Å²) in [6, 6.07) is 14.0. The molecule has 0 spiro atoms. The van der Waals surface area contributed by atoms with Gasteiger partial charge in [0.15, 0.2) is 5.82 Å². The molecule has 1 aliphatic heterocycles. The van der Waals surface area contributed by atoms with Gasteiger partial charge in [0.25, 0.3) is 0 Å². The topological polar surface area (TPSA) is 72.6 Å². The van der Waals surface area contributed by atoms with E-state index in [1.54, 1.807) is 16.0 Å². The minimum absolute atomic E-state index is 0.637. The van der Waals surface area contributed by atoms with Gasteiger partial charge < -0.3 is 4.90 Å². The first-order valence-electron chi connectivity index (χ1n) is 8.90. The Labute approximate surface area is 160 Å². The van der Waals surface area contributed by atoms with E-state index in [0.29, 0.717) is 5.82 Å². The van der Waals surface area contributed by atoms with Crippen LogP contribution in [0.1, 0.15) is 12.8 Å². The molecule has 0 radical (unpaired) electrons. The fraction of sp³-hybridized carbons (Fsp3) is 0.211. The van der Waals surface area contributed by atoms with E-state index in [4.69, 9.17) is 4.98 Å². The molecule has 0 aliphatic carbocycles. The van der Waals surface area contributed by atoms with E-state index in [1.165, 1.54) is 12.8 Å². The molecule has 0 bridgehead atoms. The van der Waals surface area contributed by atoms with Crippen LogP contribution in [0.5, 0.6) is 0 Å². The number of aromatic nitrogens is 6. The largest absolute Gasteiger partial charge is 0.341 e. The lowest BCUT2D eigenvalue weighted by Gasteiger charge is -2.17. The van der Waals surface area contributed by atoms with E-state index >= 15 is 0 Å². The zero-order chi connectivity index (χ0) is 18.1. The zero-order valence-electron chi connectivity index (χ0n) is 14.6. The standard InChI is InChI=1S/C19H17N7S/c1-2-7-14(8-3-1)26-18(22-23-24-26)15-13-20-19(25-10-4-5-11-25)21-17(15)16-9-6-12-27-16/h1-3,6-9,12-13H,4-5,10-11H2. The molecule has 7 nitrogen and oxygen atoms in total. The van der Waals surface area contributed by atoms with Gasteiger partial charge in [-0.05, 0) is 46.8 Å². The average Bonchev–Trinajstić information content (AvgIpc) is 3.51. The van der Waals surface area contributed by atoms with E-state index in [0.717, 1.165) is 40.9 Å². The highest BCUT2D eigenvalue weighted by Crippen LogP contribution is 2.34. The van der Waals surface area contributed by atoms with Crippen molar-refractivity contribution in [2.24, 2.45) is 0 Å². The van der Waals surface area contributed by atoms with Crippen LogP contribution in [0.2, 0.25) is 0 Å². The number of rotatable bonds is 4. The number of nitrogens with zero attached hydrogens (tertiary/aromatic N) is 7.